The molecule has 0 spiro atoms. The molecule has 2 aromatic heterocycles. The molecule has 0 bridgehead atoms. The maximum absolute atomic E-state index is 4.42. The number of hydrogen-bond acceptors (Lipinski definition) is 4. The Balaban J connectivity index is 1.32. The average Bonchev–Trinajstić information content (AvgIpc) is 3.43. The second kappa shape index (κ2) is 9.08. The Morgan fingerprint density at radius 2 is 1.39 bits per heavy atom. The number of hydrogen-bond donors (Lipinski definition) is 0. The highest BCUT2D eigenvalue weighted by atomic mass is 15.4. The molecule has 2 heterocycles. The van der Waals surface area contributed by atoms with Gasteiger partial charge in [0.05, 0.1) is 12.4 Å². The molecule has 142 valence electrons. The Hall–Kier alpha value is -3.28. The summed E-state index contributed by atoms with van der Waals surface area (Å²) in [5.41, 5.74) is 4.42. The van der Waals surface area contributed by atoms with Gasteiger partial charge in [0.15, 0.2) is 0 Å². The van der Waals surface area contributed by atoms with Crippen LogP contribution in [0.25, 0.3) is 22.4 Å². The molecule has 4 aromatic rings. The van der Waals surface area contributed by atoms with E-state index < -0.39 is 0 Å². The van der Waals surface area contributed by atoms with Crippen LogP contribution in [-0.4, -0.2) is 30.0 Å². The number of unbranched alkanes of at least 4 members (excludes halogenated alkanes) is 3. The molecule has 0 fully saturated rings. The first kappa shape index (κ1) is 18.1. The minimum atomic E-state index is 0.893. The van der Waals surface area contributed by atoms with Crippen molar-refractivity contribution >= 4 is 0 Å². The molecule has 2 aromatic carbocycles. The zero-order chi connectivity index (χ0) is 19.0. The number of aromatic nitrogens is 6. The van der Waals surface area contributed by atoms with Crippen LogP contribution < -0.4 is 0 Å². The minimum absolute atomic E-state index is 0.893. The lowest BCUT2D eigenvalue weighted by molar-refractivity contribution is 0.490. The highest BCUT2D eigenvalue weighted by Gasteiger charge is 2.10. The molecule has 28 heavy (non-hydrogen) atoms. The van der Waals surface area contributed by atoms with Crippen LogP contribution in [0.5, 0.6) is 0 Å². The summed E-state index contributed by atoms with van der Waals surface area (Å²) < 4.78 is 3.84. The number of aryl methyl sites for hydroxylation is 2. The molecule has 6 heteroatoms. The maximum atomic E-state index is 4.42. The van der Waals surface area contributed by atoms with Crippen LogP contribution in [-0.2, 0) is 13.1 Å². The van der Waals surface area contributed by atoms with Gasteiger partial charge < -0.3 is 0 Å². The third kappa shape index (κ3) is 4.52. The second-order valence-electron chi connectivity index (χ2n) is 6.86. The summed E-state index contributed by atoms with van der Waals surface area (Å²) in [7, 11) is 0. The average molecular weight is 372 g/mol. The van der Waals surface area contributed by atoms with Crippen molar-refractivity contribution in [3.05, 3.63) is 73.2 Å². The Bertz CT molecular complexity index is 975. The van der Waals surface area contributed by atoms with Crippen molar-refractivity contribution in [2.45, 2.75) is 38.8 Å². The van der Waals surface area contributed by atoms with Crippen LogP contribution in [0.2, 0.25) is 0 Å². The van der Waals surface area contributed by atoms with Crippen LogP contribution in [0, 0.1) is 0 Å². The molecule has 0 N–H and O–H groups in total. The quantitative estimate of drug-likeness (QED) is 0.407. The largest absolute Gasteiger partial charge is 0.253 e. The fourth-order valence-electron chi connectivity index (χ4n) is 3.36. The third-order valence-electron chi connectivity index (χ3n) is 4.82. The van der Waals surface area contributed by atoms with Gasteiger partial charge in [-0.3, -0.25) is 9.36 Å². The van der Waals surface area contributed by atoms with Crippen molar-refractivity contribution in [2.75, 3.05) is 0 Å². The molecule has 0 aliphatic rings. The van der Waals surface area contributed by atoms with Crippen molar-refractivity contribution in [3.63, 3.8) is 0 Å². The van der Waals surface area contributed by atoms with E-state index in [1.807, 2.05) is 21.6 Å². The SMILES string of the molecule is c1ccc(-c2ccccc2-c2cn(CCCCCCn3ccnn3)nn2)cc1. The maximum Gasteiger partial charge on any atom is 0.113 e. The van der Waals surface area contributed by atoms with E-state index in [1.54, 1.807) is 6.20 Å². The van der Waals surface area contributed by atoms with Crippen LogP contribution in [0.3, 0.4) is 0 Å². The van der Waals surface area contributed by atoms with Gasteiger partial charge in [0.1, 0.15) is 5.69 Å². The highest BCUT2D eigenvalue weighted by molar-refractivity contribution is 5.81. The summed E-state index contributed by atoms with van der Waals surface area (Å²) in [4.78, 5) is 0. The molecule has 0 amide bonds. The molecule has 6 nitrogen and oxygen atoms in total. The normalized spacial score (nSPS) is 11.0. The molecular formula is C22H24N6. The third-order valence-corrected chi connectivity index (χ3v) is 4.82. The fourth-order valence-corrected chi connectivity index (χ4v) is 3.36. The molecule has 4 rings (SSSR count). The topological polar surface area (TPSA) is 61.4 Å². The summed E-state index contributed by atoms with van der Waals surface area (Å²) in [5, 5.41) is 16.6. The molecule has 0 saturated heterocycles. The minimum Gasteiger partial charge on any atom is -0.253 e. The van der Waals surface area contributed by atoms with Gasteiger partial charge in [0, 0.05) is 24.8 Å². The van der Waals surface area contributed by atoms with Crippen LogP contribution in [0.1, 0.15) is 25.7 Å². The standard InChI is InChI=1S/C22H24N6/c1(8-15-27-17-14-23-25-27)2-9-16-28-18-22(24-26-28)21-13-7-6-12-20(21)19-10-4-3-5-11-19/h3-7,10-14,17-18H,1-2,8-9,15-16H2. The molecule has 0 aliphatic heterocycles. The van der Waals surface area contributed by atoms with Crippen LogP contribution >= 0.6 is 0 Å². The van der Waals surface area contributed by atoms with Crippen molar-refractivity contribution in [2.24, 2.45) is 0 Å². The van der Waals surface area contributed by atoms with E-state index in [1.165, 1.54) is 24.0 Å². The van der Waals surface area contributed by atoms with Crippen LogP contribution in [0.4, 0.5) is 0 Å². The van der Waals surface area contributed by atoms with Gasteiger partial charge in [-0.1, -0.05) is 77.9 Å². The lowest BCUT2D eigenvalue weighted by Crippen LogP contribution is -2.00. The first-order valence-corrected chi connectivity index (χ1v) is 9.79. The molecule has 0 aliphatic carbocycles. The van der Waals surface area contributed by atoms with Crippen molar-refractivity contribution in [1.29, 1.82) is 0 Å². The molecular weight excluding hydrogens is 348 g/mol. The van der Waals surface area contributed by atoms with Gasteiger partial charge in [-0.05, 0) is 24.0 Å². The van der Waals surface area contributed by atoms with E-state index in [-0.39, 0.29) is 0 Å². The summed E-state index contributed by atoms with van der Waals surface area (Å²) in [6.45, 7) is 1.83. The zero-order valence-corrected chi connectivity index (χ0v) is 15.9. The van der Waals surface area contributed by atoms with Crippen LogP contribution in [0.15, 0.2) is 73.2 Å². The van der Waals surface area contributed by atoms with Gasteiger partial charge >= 0.3 is 0 Å². The van der Waals surface area contributed by atoms with E-state index in [4.69, 9.17) is 0 Å². The zero-order valence-electron chi connectivity index (χ0n) is 15.9. The Kier molecular flexibility index (Phi) is 5.87. The van der Waals surface area contributed by atoms with Gasteiger partial charge in [0.2, 0.25) is 0 Å². The van der Waals surface area contributed by atoms with E-state index in [0.717, 1.165) is 37.2 Å². The van der Waals surface area contributed by atoms with Gasteiger partial charge in [-0.15, -0.1) is 10.2 Å². The van der Waals surface area contributed by atoms with E-state index in [9.17, 15) is 0 Å². The van der Waals surface area contributed by atoms with Gasteiger partial charge in [-0.25, -0.2) is 0 Å². The smallest absolute Gasteiger partial charge is 0.113 e. The predicted octanol–water partition coefficient (Wildman–Crippen LogP) is 4.46. The molecule has 0 unspecified atom stereocenters. The van der Waals surface area contributed by atoms with Gasteiger partial charge in [-0.2, -0.15) is 0 Å². The number of rotatable bonds is 9. The van der Waals surface area contributed by atoms with Gasteiger partial charge in [0.25, 0.3) is 0 Å². The Morgan fingerprint density at radius 3 is 2.14 bits per heavy atom. The fraction of sp³-hybridized carbons (Fsp3) is 0.273. The summed E-state index contributed by atoms with van der Waals surface area (Å²) in [6, 6.07) is 18.8. The molecule has 0 atom stereocenters. The van der Waals surface area contributed by atoms with Crippen molar-refractivity contribution in [3.8, 4) is 22.4 Å². The van der Waals surface area contributed by atoms with E-state index in [0.29, 0.717) is 0 Å². The Labute approximate surface area is 164 Å². The summed E-state index contributed by atoms with van der Waals surface area (Å²) in [5.74, 6) is 0. The molecule has 0 saturated carbocycles. The molecule has 0 radical (unpaired) electrons. The predicted molar refractivity (Wildman–Crippen MR) is 109 cm³/mol. The summed E-state index contributed by atoms with van der Waals surface area (Å²) >= 11 is 0. The second-order valence-corrected chi connectivity index (χ2v) is 6.86. The number of benzene rings is 2. The lowest BCUT2D eigenvalue weighted by atomic mass is 9.98. The Morgan fingerprint density at radius 1 is 0.679 bits per heavy atom. The highest BCUT2D eigenvalue weighted by Crippen LogP contribution is 2.30. The first-order valence-electron chi connectivity index (χ1n) is 9.79. The van der Waals surface area contributed by atoms with Crippen molar-refractivity contribution in [1.82, 2.24) is 30.0 Å². The van der Waals surface area contributed by atoms with E-state index in [2.05, 4.69) is 75.4 Å². The van der Waals surface area contributed by atoms with Crippen molar-refractivity contribution < 1.29 is 0 Å². The first-order chi connectivity index (χ1) is 13.9. The summed E-state index contributed by atoms with van der Waals surface area (Å²) in [6.07, 6.45) is 10.2. The monoisotopic (exact) mass is 372 g/mol. The lowest BCUT2D eigenvalue weighted by Gasteiger charge is -2.07. The number of nitrogens with zero attached hydrogens (tertiary/aromatic N) is 6. The van der Waals surface area contributed by atoms with E-state index >= 15 is 0 Å².